The molecule has 88 valence electrons. The minimum atomic E-state index is 0.0552. The van der Waals surface area contributed by atoms with Gasteiger partial charge < -0.3 is 10.2 Å². The first kappa shape index (κ1) is 11.6. The minimum absolute atomic E-state index is 0.0552. The highest BCUT2D eigenvalue weighted by Gasteiger charge is 2.40. The predicted octanol–water partition coefficient (Wildman–Crippen LogP) is 2.34. The van der Waals surface area contributed by atoms with Crippen LogP contribution in [0.15, 0.2) is 34.4 Å². The molecule has 0 aliphatic heterocycles. The first-order valence-electron chi connectivity index (χ1n) is 5.93. The van der Waals surface area contributed by atoms with Crippen LogP contribution >= 0.6 is 0 Å². The van der Waals surface area contributed by atoms with Crippen molar-refractivity contribution in [3.63, 3.8) is 0 Å². The Morgan fingerprint density at radius 3 is 2.75 bits per heavy atom. The van der Waals surface area contributed by atoms with Crippen molar-refractivity contribution in [1.82, 2.24) is 0 Å². The molecule has 1 atom stereocenters. The first-order chi connectivity index (χ1) is 7.63. The molecule has 1 saturated carbocycles. The SMILES string of the molecule is C/C(CO)=C1/CCC2=C(CO)C=CCC21C. The van der Waals surface area contributed by atoms with Gasteiger partial charge >= 0.3 is 0 Å². The van der Waals surface area contributed by atoms with Gasteiger partial charge in [0.15, 0.2) is 0 Å². The van der Waals surface area contributed by atoms with Gasteiger partial charge in [-0.25, -0.2) is 0 Å². The molecule has 0 amide bonds. The standard InChI is InChI=1S/C14H20O2/c1-10(8-15)12-5-6-13-11(9-16)4-3-7-14(12,13)2/h3-4,15-16H,5-9H2,1-2H3/b12-10+. The molecule has 0 aromatic carbocycles. The Labute approximate surface area is 97.0 Å². The van der Waals surface area contributed by atoms with Crippen LogP contribution in [0.2, 0.25) is 0 Å². The molecule has 2 rings (SSSR count). The molecule has 0 heterocycles. The molecule has 1 unspecified atom stereocenters. The van der Waals surface area contributed by atoms with Crippen molar-refractivity contribution in [2.24, 2.45) is 5.41 Å². The second kappa shape index (κ2) is 4.19. The third-order valence-corrected chi connectivity index (χ3v) is 4.11. The van der Waals surface area contributed by atoms with Crippen LogP contribution in [0, 0.1) is 5.41 Å². The summed E-state index contributed by atoms with van der Waals surface area (Å²) in [6.07, 6.45) is 7.25. The Hall–Kier alpha value is -0.860. The lowest BCUT2D eigenvalue weighted by Crippen LogP contribution is -2.21. The maximum absolute atomic E-state index is 9.36. The van der Waals surface area contributed by atoms with E-state index in [1.165, 1.54) is 11.1 Å². The number of rotatable bonds is 2. The Balaban J connectivity index is 2.49. The summed E-state index contributed by atoms with van der Waals surface area (Å²) in [5.74, 6) is 0. The van der Waals surface area contributed by atoms with Crippen molar-refractivity contribution >= 4 is 0 Å². The molecule has 2 N–H and O–H groups in total. The van der Waals surface area contributed by atoms with Crippen LogP contribution in [-0.2, 0) is 0 Å². The topological polar surface area (TPSA) is 40.5 Å². The molecule has 0 bridgehead atoms. The molecule has 2 nitrogen and oxygen atoms in total. The van der Waals surface area contributed by atoms with Crippen LogP contribution in [-0.4, -0.2) is 23.4 Å². The van der Waals surface area contributed by atoms with Crippen molar-refractivity contribution in [2.45, 2.75) is 33.1 Å². The second-order valence-corrected chi connectivity index (χ2v) is 5.02. The van der Waals surface area contributed by atoms with Gasteiger partial charge in [0.05, 0.1) is 13.2 Å². The predicted molar refractivity (Wildman–Crippen MR) is 65.0 cm³/mol. The normalized spacial score (nSPS) is 32.0. The number of aliphatic hydroxyl groups is 2. The van der Waals surface area contributed by atoms with Crippen LogP contribution < -0.4 is 0 Å². The van der Waals surface area contributed by atoms with Crippen molar-refractivity contribution < 1.29 is 10.2 Å². The molecule has 0 radical (unpaired) electrons. The van der Waals surface area contributed by atoms with E-state index < -0.39 is 0 Å². The van der Waals surface area contributed by atoms with Crippen LogP contribution in [0.5, 0.6) is 0 Å². The number of fused-ring (bicyclic) bond motifs is 1. The van der Waals surface area contributed by atoms with Crippen molar-refractivity contribution in [1.29, 1.82) is 0 Å². The van der Waals surface area contributed by atoms with E-state index in [2.05, 4.69) is 13.0 Å². The van der Waals surface area contributed by atoms with Gasteiger partial charge in [0.25, 0.3) is 0 Å². The summed E-state index contributed by atoms with van der Waals surface area (Å²) in [6, 6.07) is 0. The highest BCUT2D eigenvalue weighted by Crippen LogP contribution is 2.53. The smallest absolute Gasteiger partial charge is 0.0681 e. The fourth-order valence-electron chi connectivity index (χ4n) is 3.21. The lowest BCUT2D eigenvalue weighted by molar-refractivity contribution is 0.322. The van der Waals surface area contributed by atoms with Gasteiger partial charge in [0, 0.05) is 5.41 Å². The number of allylic oxidation sites excluding steroid dienone is 3. The average Bonchev–Trinajstić information content (AvgIpc) is 2.64. The summed E-state index contributed by atoms with van der Waals surface area (Å²) in [6.45, 7) is 4.53. The van der Waals surface area contributed by atoms with E-state index in [4.69, 9.17) is 0 Å². The molecule has 1 fully saturated rings. The Bertz CT molecular complexity index is 388. The van der Waals surface area contributed by atoms with Gasteiger partial charge in [-0.15, -0.1) is 0 Å². The largest absolute Gasteiger partial charge is 0.392 e. The van der Waals surface area contributed by atoms with Crippen molar-refractivity contribution in [2.75, 3.05) is 13.2 Å². The molecule has 2 heteroatoms. The van der Waals surface area contributed by atoms with Crippen molar-refractivity contribution in [3.05, 3.63) is 34.4 Å². The van der Waals surface area contributed by atoms with Crippen LogP contribution in [0.4, 0.5) is 0 Å². The maximum atomic E-state index is 9.36. The van der Waals surface area contributed by atoms with Gasteiger partial charge in [-0.3, -0.25) is 0 Å². The zero-order chi connectivity index (χ0) is 11.8. The lowest BCUT2D eigenvalue weighted by atomic mass is 9.72. The summed E-state index contributed by atoms with van der Waals surface area (Å²) in [5, 5.41) is 18.6. The van der Waals surface area contributed by atoms with Gasteiger partial charge in [-0.05, 0) is 37.3 Å². The summed E-state index contributed by atoms with van der Waals surface area (Å²) in [5.41, 5.74) is 4.99. The Kier molecular flexibility index (Phi) is 3.04. The van der Waals surface area contributed by atoms with E-state index in [1.807, 2.05) is 13.0 Å². The zero-order valence-electron chi connectivity index (χ0n) is 10.1. The average molecular weight is 220 g/mol. The van der Waals surface area contributed by atoms with Gasteiger partial charge in [-0.1, -0.05) is 30.2 Å². The molecule has 2 aliphatic rings. The summed E-state index contributed by atoms with van der Waals surface area (Å²) in [4.78, 5) is 0. The fourth-order valence-corrected chi connectivity index (χ4v) is 3.21. The highest BCUT2D eigenvalue weighted by atomic mass is 16.3. The summed E-state index contributed by atoms with van der Waals surface area (Å²) < 4.78 is 0. The number of hydrogen-bond donors (Lipinski definition) is 2. The maximum Gasteiger partial charge on any atom is 0.0681 e. The fraction of sp³-hybridized carbons (Fsp3) is 0.571. The highest BCUT2D eigenvalue weighted by molar-refractivity contribution is 5.47. The van der Waals surface area contributed by atoms with Gasteiger partial charge in [0.1, 0.15) is 0 Å². The third-order valence-electron chi connectivity index (χ3n) is 4.11. The molecule has 0 aromatic heterocycles. The van der Waals surface area contributed by atoms with E-state index in [-0.39, 0.29) is 18.6 Å². The molecular formula is C14H20O2. The van der Waals surface area contributed by atoms with Gasteiger partial charge in [0.2, 0.25) is 0 Å². The quantitative estimate of drug-likeness (QED) is 0.701. The monoisotopic (exact) mass is 220 g/mol. The summed E-state index contributed by atoms with van der Waals surface area (Å²) in [7, 11) is 0. The Morgan fingerprint density at radius 2 is 2.12 bits per heavy atom. The molecule has 16 heavy (non-hydrogen) atoms. The molecule has 0 saturated heterocycles. The van der Waals surface area contributed by atoms with Crippen LogP contribution in [0.3, 0.4) is 0 Å². The molecule has 2 aliphatic carbocycles. The lowest BCUT2D eigenvalue weighted by Gasteiger charge is -2.32. The second-order valence-electron chi connectivity index (χ2n) is 5.02. The third kappa shape index (κ3) is 1.57. The van der Waals surface area contributed by atoms with Crippen molar-refractivity contribution in [3.8, 4) is 0 Å². The molecular weight excluding hydrogens is 200 g/mol. The Morgan fingerprint density at radius 1 is 1.38 bits per heavy atom. The number of hydrogen-bond acceptors (Lipinski definition) is 2. The van der Waals surface area contributed by atoms with Gasteiger partial charge in [-0.2, -0.15) is 0 Å². The van der Waals surface area contributed by atoms with Crippen LogP contribution in [0.25, 0.3) is 0 Å². The van der Waals surface area contributed by atoms with E-state index in [1.54, 1.807) is 0 Å². The minimum Gasteiger partial charge on any atom is -0.392 e. The van der Waals surface area contributed by atoms with E-state index in [9.17, 15) is 10.2 Å². The zero-order valence-corrected chi connectivity index (χ0v) is 10.1. The molecule has 0 aromatic rings. The van der Waals surface area contributed by atoms with E-state index in [0.717, 1.165) is 30.4 Å². The van der Waals surface area contributed by atoms with E-state index in [0.29, 0.717) is 0 Å². The summed E-state index contributed by atoms with van der Waals surface area (Å²) >= 11 is 0. The van der Waals surface area contributed by atoms with Crippen LogP contribution in [0.1, 0.15) is 33.1 Å². The molecule has 0 spiro atoms. The first-order valence-corrected chi connectivity index (χ1v) is 5.93. The van der Waals surface area contributed by atoms with E-state index >= 15 is 0 Å². The number of aliphatic hydroxyl groups excluding tert-OH is 2.